The zero-order valence-corrected chi connectivity index (χ0v) is 10.4. The topological polar surface area (TPSA) is 9.23 Å². The number of allylic oxidation sites excluding steroid dienone is 2. The van der Waals surface area contributed by atoms with Gasteiger partial charge in [-0.2, -0.15) is 0 Å². The Kier molecular flexibility index (Phi) is 2.22. The fourth-order valence-corrected chi connectivity index (χ4v) is 2.61. The van der Waals surface area contributed by atoms with Gasteiger partial charge in [0.2, 0.25) is 0 Å². The summed E-state index contributed by atoms with van der Waals surface area (Å²) in [5.74, 6) is 1.02. The van der Waals surface area contributed by atoms with Crippen molar-refractivity contribution in [2.75, 3.05) is 0 Å². The summed E-state index contributed by atoms with van der Waals surface area (Å²) in [4.78, 5) is 0. The maximum absolute atomic E-state index is 5.99. The third kappa shape index (κ3) is 1.46. The second-order valence-corrected chi connectivity index (χ2v) is 4.72. The highest BCUT2D eigenvalue weighted by molar-refractivity contribution is 5.75. The third-order valence-corrected chi connectivity index (χ3v) is 3.70. The summed E-state index contributed by atoms with van der Waals surface area (Å²) in [6.07, 6.45) is 4.40. The van der Waals surface area contributed by atoms with Crippen LogP contribution in [0.25, 0.3) is 11.3 Å². The van der Waals surface area contributed by atoms with E-state index in [1.807, 2.05) is 6.92 Å². The first-order valence-corrected chi connectivity index (χ1v) is 6.01. The van der Waals surface area contributed by atoms with Crippen LogP contribution in [0, 0.1) is 0 Å². The molecular formula is C16H16O. The number of hydrogen-bond acceptors (Lipinski definition) is 1. The Hall–Kier alpha value is -1.76. The molecule has 0 spiro atoms. The summed E-state index contributed by atoms with van der Waals surface area (Å²) in [7, 11) is 0. The van der Waals surface area contributed by atoms with Gasteiger partial charge in [-0.05, 0) is 43.2 Å². The van der Waals surface area contributed by atoms with Crippen LogP contribution in [0.1, 0.15) is 20.8 Å². The Labute approximate surface area is 101 Å². The summed E-state index contributed by atoms with van der Waals surface area (Å²) in [5.41, 5.74) is 4.00. The number of rotatable bonds is 0. The Morgan fingerprint density at radius 2 is 1.71 bits per heavy atom. The van der Waals surface area contributed by atoms with Crippen LogP contribution in [-0.2, 0) is 4.74 Å². The van der Waals surface area contributed by atoms with Crippen molar-refractivity contribution in [2.45, 2.75) is 26.9 Å². The molecule has 1 aromatic carbocycles. The van der Waals surface area contributed by atoms with E-state index in [1.165, 1.54) is 27.2 Å². The Morgan fingerprint density at radius 3 is 2.47 bits per heavy atom. The van der Waals surface area contributed by atoms with Gasteiger partial charge in [0.1, 0.15) is 11.9 Å². The van der Waals surface area contributed by atoms with Gasteiger partial charge >= 0.3 is 0 Å². The summed E-state index contributed by atoms with van der Waals surface area (Å²) in [5, 5.41) is 2.55. The average molecular weight is 224 g/mol. The van der Waals surface area contributed by atoms with Crippen LogP contribution >= 0.6 is 0 Å². The lowest BCUT2D eigenvalue weighted by molar-refractivity contribution is 0.250. The molecule has 3 rings (SSSR count). The third-order valence-electron chi connectivity index (χ3n) is 3.70. The Balaban J connectivity index is 2.47. The van der Waals surface area contributed by atoms with Gasteiger partial charge in [0.05, 0.1) is 0 Å². The minimum Gasteiger partial charge on any atom is -0.486 e. The van der Waals surface area contributed by atoms with Gasteiger partial charge < -0.3 is 4.74 Å². The highest BCUT2D eigenvalue weighted by Crippen LogP contribution is 2.29. The fourth-order valence-electron chi connectivity index (χ4n) is 2.61. The monoisotopic (exact) mass is 224 g/mol. The van der Waals surface area contributed by atoms with E-state index in [1.54, 1.807) is 0 Å². The van der Waals surface area contributed by atoms with E-state index in [9.17, 15) is 0 Å². The fraction of sp³-hybridized carbons (Fsp3) is 0.250. The van der Waals surface area contributed by atoms with Gasteiger partial charge in [0.25, 0.3) is 0 Å². The molecular weight excluding hydrogens is 208 g/mol. The lowest BCUT2D eigenvalue weighted by Crippen LogP contribution is -2.38. The molecule has 0 aromatic heterocycles. The molecule has 1 heteroatoms. The molecule has 0 fully saturated rings. The molecule has 2 aliphatic rings. The van der Waals surface area contributed by atoms with Crippen molar-refractivity contribution >= 4 is 11.3 Å². The Bertz CT molecular complexity index is 659. The zero-order chi connectivity index (χ0) is 12.0. The van der Waals surface area contributed by atoms with Crippen molar-refractivity contribution in [3.05, 3.63) is 58.0 Å². The van der Waals surface area contributed by atoms with Crippen LogP contribution in [0.3, 0.4) is 0 Å². The maximum atomic E-state index is 5.99. The predicted octanol–water partition coefficient (Wildman–Crippen LogP) is 2.27. The molecule has 17 heavy (non-hydrogen) atoms. The molecule has 86 valence electrons. The second kappa shape index (κ2) is 3.63. The quantitative estimate of drug-likeness (QED) is 0.657. The lowest BCUT2D eigenvalue weighted by atomic mass is 9.88. The van der Waals surface area contributed by atoms with E-state index in [4.69, 9.17) is 4.74 Å². The SMILES string of the molecule is CC1=C(C)C2=c3ccccc3=C(C)OC2C=C1. The van der Waals surface area contributed by atoms with E-state index < -0.39 is 0 Å². The van der Waals surface area contributed by atoms with Crippen molar-refractivity contribution in [1.82, 2.24) is 0 Å². The molecule has 0 saturated carbocycles. The molecule has 0 saturated heterocycles. The molecule has 0 radical (unpaired) electrons. The molecule has 0 bridgehead atoms. The molecule has 1 unspecified atom stereocenters. The van der Waals surface area contributed by atoms with Gasteiger partial charge in [-0.15, -0.1) is 0 Å². The first kappa shape index (κ1) is 10.4. The Morgan fingerprint density at radius 1 is 1.00 bits per heavy atom. The summed E-state index contributed by atoms with van der Waals surface area (Å²) in [6, 6.07) is 8.49. The first-order valence-electron chi connectivity index (χ1n) is 6.01. The van der Waals surface area contributed by atoms with Crippen LogP contribution in [0.4, 0.5) is 0 Å². The van der Waals surface area contributed by atoms with Crippen LogP contribution in [-0.4, -0.2) is 6.10 Å². The van der Waals surface area contributed by atoms with Crippen LogP contribution in [0.15, 0.2) is 47.6 Å². The van der Waals surface area contributed by atoms with E-state index in [0.29, 0.717) is 0 Å². The van der Waals surface area contributed by atoms with Crippen molar-refractivity contribution < 1.29 is 4.74 Å². The van der Waals surface area contributed by atoms with Crippen LogP contribution in [0.2, 0.25) is 0 Å². The molecule has 0 amide bonds. The molecule has 0 N–H and O–H groups in total. The molecule has 1 nitrogen and oxygen atoms in total. The van der Waals surface area contributed by atoms with Crippen molar-refractivity contribution in [3.63, 3.8) is 0 Å². The molecule has 1 aromatic rings. The predicted molar refractivity (Wildman–Crippen MR) is 70.6 cm³/mol. The standard InChI is InChI=1S/C16H16O/c1-10-8-9-15-16(11(10)2)14-7-5-4-6-13(14)12(3)17-15/h4-9,15H,1-3H3. The van der Waals surface area contributed by atoms with Gasteiger partial charge in [-0.25, -0.2) is 0 Å². The van der Waals surface area contributed by atoms with Crippen molar-refractivity contribution in [1.29, 1.82) is 0 Å². The average Bonchev–Trinajstić information content (AvgIpc) is 2.34. The molecule has 1 heterocycles. The highest BCUT2D eigenvalue weighted by Gasteiger charge is 2.23. The minimum atomic E-state index is 0.0913. The summed E-state index contributed by atoms with van der Waals surface area (Å²) < 4.78 is 5.99. The zero-order valence-electron chi connectivity index (χ0n) is 10.4. The second-order valence-electron chi connectivity index (χ2n) is 4.72. The number of hydrogen-bond donors (Lipinski definition) is 0. The van der Waals surface area contributed by atoms with Crippen molar-refractivity contribution in [3.8, 4) is 0 Å². The van der Waals surface area contributed by atoms with E-state index >= 15 is 0 Å². The number of benzene rings is 1. The largest absolute Gasteiger partial charge is 0.486 e. The molecule has 1 aliphatic carbocycles. The summed E-state index contributed by atoms with van der Waals surface area (Å²) >= 11 is 0. The van der Waals surface area contributed by atoms with E-state index in [-0.39, 0.29) is 6.10 Å². The lowest BCUT2D eigenvalue weighted by Gasteiger charge is -2.28. The van der Waals surface area contributed by atoms with Crippen molar-refractivity contribution in [2.24, 2.45) is 0 Å². The molecule has 1 aliphatic heterocycles. The minimum absolute atomic E-state index is 0.0913. The normalized spacial score (nSPS) is 22.2. The van der Waals surface area contributed by atoms with Gasteiger partial charge in [-0.1, -0.05) is 30.3 Å². The highest BCUT2D eigenvalue weighted by atomic mass is 16.5. The number of ether oxygens (including phenoxy) is 1. The smallest absolute Gasteiger partial charge is 0.143 e. The number of fused-ring (bicyclic) bond motifs is 2. The van der Waals surface area contributed by atoms with Gasteiger partial charge in [0.15, 0.2) is 0 Å². The molecule has 1 atom stereocenters. The van der Waals surface area contributed by atoms with Crippen LogP contribution < -0.4 is 10.4 Å². The maximum Gasteiger partial charge on any atom is 0.143 e. The van der Waals surface area contributed by atoms with E-state index in [0.717, 1.165) is 5.76 Å². The van der Waals surface area contributed by atoms with Gasteiger partial charge in [-0.3, -0.25) is 0 Å². The van der Waals surface area contributed by atoms with Crippen LogP contribution in [0.5, 0.6) is 0 Å². The van der Waals surface area contributed by atoms with Gasteiger partial charge in [0, 0.05) is 10.8 Å². The van der Waals surface area contributed by atoms with E-state index in [2.05, 4.69) is 50.3 Å². The summed E-state index contributed by atoms with van der Waals surface area (Å²) in [6.45, 7) is 6.38. The first-order chi connectivity index (χ1) is 8.18.